The zero-order valence-electron chi connectivity index (χ0n) is 17.0. The third kappa shape index (κ3) is 4.04. The van der Waals surface area contributed by atoms with Gasteiger partial charge in [0.2, 0.25) is 5.82 Å². The van der Waals surface area contributed by atoms with Gasteiger partial charge in [-0.2, -0.15) is 0 Å². The van der Waals surface area contributed by atoms with E-state index < -0.39 is 0 Å². The molecule has 0 bridgehead atoms. The summed E-state index contributed by atoms with van der Waals surface area (Å²) in [5.41, 5.74) is 5.70. The minimum absolute atomic E-state index is 0.121. The van der Waals surface area contributed by atoms with Crippen LogP contribution in [0.4, 0.5) is 5.69 Å². The van der Waals surface area contributed by atoms with Crippen molar-refractivity contribution in [2.24, 2.45) is 0 Å². The largest absolute Gasteiger partial charge is 0.319 e. The summed E-state index contributed by atoms with van der Waals surface area (Å²) in [6, 6.07) is 21.6. The first-order valence-corrected chi connectivity index (χ1v) is 10.4. The molecule has 5 nitrogen and oxygen atoms in total. The van der Waals surface area contributed by atoms with Crippen molar-refractivity contribution in [3.05, 3.63) is 93.7 Å². The molecule has 1 N–H and O–H groups in total. The second-order valence-electron chi connectivity index (χ2n) is 7.24. The lowest BCUT2D eigenvalue weighted by Gasteiger charge is -2.09. The van der Waals surface area contributed by atoms with Gasteiger partial charge in [-0.15, -0.1) is 5.10 Å². The molecule has 4 rings (SSSR count). The van der Waals surface area contributed by atoms with Crippen LogP contribution in [-0.4, -0.2) is 20.7 Å². The number of carbonyl (C=O) groups excluding carboxylic acids is 1. The molecule has 0 radical (unpaired) electrons. The quantitative estimate of drug-likeness (QED) is 0.413. The lowest BCUT2D eigenvalue weighted by atomic mass is 10.1. The summed E-state index contributed by atoms with van der Waals surface area (Å²) in [5, 5.41) is 7.50. The number of benzene rings is 3. The van der Waals surface area contributed by atoms with Gasteiger partial charge >= 0.3 is 0 Å². The normalized spacial score (nSPS) is 10.8. The Kier molecular flexibility index (Phi) is 5.50. The zero-order chi connectivity index (χ0) is 21.3. The van der Waals surface area contributed by atoms with Crippen LogP contribution in [0, 0.1) is 20.8 Å². The number of halogens is 1. The van der Waals surface area contributed by atoms with Crippen molar-refractivity contribution < 1.29 is 4.79 Å². The second kappa shape index (κ2) is 8.24. The first kappa shape index (κ1) is 20.0. The standard InChI is InChI=1S/C24H21BrN4O/c1-15-9-12-21(17(3)13-15)29-23(18-7-5-4-6-8-18)27-22(28-29)24(30)26-20-11-10-19(25)14-16(20)2/h4-14H,1-3H3,(H,26,30). The van der Waals surface area contributed by atoms with Crippen LogP contribution in [0.5, 0.6) is 0 Å². The van der Waals surface area contributed by atoms with Gasteiger partial charge in [-0.25, -0.2) is 9.67 Å². The van der Waals surface area contributed by atoms with Crippen LogP contribution in [0.1, 0.15) is 27.3 Å². The number of rotatable bonds is 4. The van der Waals surface area contributed by atoms with E-state index >= 15 is 0 Å². The Balaban J connectivity index is 1.78. The number of hydrogen-bond acceptors (Lipinski definition) is 3. The summed E-state index contributed by atoms with van der Waals surface area (Å²) in [7, 11) is 0. The molecule has 0 unspecified atom stereocenters. The summed E-state index contributed by atoms with van der Waals surface area (Å²) in [6.07, 6.45) is 0. The summed E-state index contributed by atoms with van der Waals surface area (Å²) in [4.78, 5) is 17.6. The number of nitrogens with zero attached hydrogens (tertiary/aromatic N) is 3. The van der Waals surface area contributed by atoms with Gasteiger partial charge in [0.05, 0.1) is 5.69 Å². The van der Waals surface area contributed by atoms with Crippen molar-refractivity contribution in [1.29, 1.82) is 0 Å². The molecule has 4 aromatic rings. The fourth-order valence-electron chi connectivity index (χ4n) is 3.34. The molecule has 0 aliphatic rings. The minimum atomic E-state index is -0.346. The molecule has 1 heterocycles. The van der Waals surface area contributed by atoms with E-state index in [2.05, 4.69) is 44.3 Å². The highest BCUT2D eigenvalue weighted by atomic mass is 79.9. The summed E-state index contributed by atoms with van der Waals surface area (Å²) in [6.45, 7) is 6.02. The molecular weight excluding hydrogens is 440 g/mol. The van der Waals surface area contributed by atoms with Gasteiger partial charge in [0.15, 0.2) is 5.82 Å². The number of anilines is 1. The molecule has 150 valence electrons. The fourth-order valence-corrected chi connectivity index (χ4v) is 3.81. The molecule has 6 heteroatoms. The monoisotopic (exact) mass is 460 g/mol. The first-order chi connectivity index (χ1) is 14.4. The molecule has 0 saturated heterocycles. The average molecular weight is 461 g/mol. The predicted octanol–water partition coefficient (Wildman–Crippen LogP) is 5.87. The van der Waals surface area contributed by atoms with Crippen LogP contribution in [0.2, 0.25) is 0 Å². The third-order valence-electron chi connectivity index (χ3n) is 4.86. The Hall–Kier alpha value is -3.25. The Morgan fingerprint density at radius 3 is 2.40 bits per heavy atom. The maximum Gasteiger partial charge on any atom is 0.295 e. The molecule has 0 saturated carbocycles. The van der Waals surface area contributed by atoms with E-state index in [4.69, 9.17) is 0 Å². The summed E-state index contributed by atoms with van der Waals surface area (Å²) in [5.74, 6) is 0.400. The number of carbonyl (C=O) groups is 1. The highest BCUT2D eigenvalue weighted by molar-refractivity contribution is 9.10. The lowest BCUT2D eigenvalue weighted by molar-refractivity contribution is 0.101. The maximum atomic E-state index is 13.0. The highest BCUT2D eigenvalue weighted by Crippen LogP contribution is 2.25. The Labute approximate surface area is 183 Å². The van der Waals surface area contributed by atoms with Gasteiger partial charge in [0, 0.05) is 15.7 Å². The van der Waals surface area contributed by atoms with Gasteiger partial charge in [-0.1, -0.05) is 64.0 Å². The van der Waals surface area contributed by atoms with E-state index in [0.29, 0.717) is 5.82 Å². The van der Waals surface area contributed by atoms with Gasteiger partial charge in [0.1, 0.15) is 0 Å². The van der Waals surface area contributed by atoms with E-state index in [1.807, 2.05) is 74.5 Å². The summed E-state index contributed by atoms with van der Waals surface area (Å²) >= 11 is 3.44. The number of aryl methyl sites for hydroxylation is 3. The average Bonchev–Trinajstić information content (AvgIpc) is 3.16. The van der Waals surface area contributed by atoms with Crippen molar-refractivity contribution in [3.8, 4) is 17.1 Å². The summed E-state index contributed by atoms with van der Waals surface area (Å²) < 4.78 is 2.70. The SMILES string of the molecule is Cc1ccc(-n2nc(C(=O)Nc3ccc(Br)cc3C)nc2-c2ccccc2)c(C)c1. The van der Waals surface area contributed by atoms with Crippen LogP contribution in [0.3, 0.4) is 0 Å². The Morgan fingerprint density at radius 1 is 0.933 bits per heavy atom. The van der Waals surface area contributed by atoms with Gasteiger partial charge < -0.3 is 5.32 Å². The molecule has 3 aromatic carbocycles. The topological polar surface area (TPSA) is 59.8 Å². The molecular formula is C24H21BrN4O. The predicted molar refractivity (Wildman–Crippen MR) is 123 cm³/mol. The molecule has 30 heavy (non-hydrogen) atoms. The van der Waals surface area contributed by atoms with Crippen LogP contribution in [-0.2, 0) is 0 Å². The van der Waals surface area contributed by atoms with Crippen molar-refractivity contribution in [2.75, 3.05) is 5.32 Å². The number of amides is 1. The third-order valence-corrected chi connectivity index (χ3v) is 5.35. The smallest absolute Gasteiger partial charge is 0.295 e. The second-order valence-corrected chi connectivity index (χ2v) is 8.16. The van der Waals surface area contributed by atoms with Crippen molar-refractivity contribution in [3.63, 3.8) is 0 Å². The van der Waals surface area contributed by atoms with Crippen LogP contribution >= 0.6 is 15.9 Å². The van der Waals surface area contributed by atoms with Crippen molar-refractivity contribution in [2.45, 2.75) is 20.8 Å². The molecule has 0 atom stereocenters. The fraction of sp³-hybridized carbons (Fsp3) is 0.125. The molecule has 1 amide bonds. The van der Waals surface area contributed by atoms with Crippen LogP contribution in [0.15, 0.2) is 71.2 Å². The molecule has 1 aromatic heterocycles. The maximum absolute atomic E-state index is 13.0. The molecule has 0 aliphatic carbocycles. The Morgan fingerprint density at radius 2 is 1.70 bits per heavy atom. The van der Waals surface area contributed by atoms with E-state index in [9.17, 15) is 4.79 Å². The van der Waals surface area contributed by atoms with Gasteiger partial charge in [0.25, 0.3) is 5.91 Å². The highest BCUT2D eigenvalue weighted by Gasteiger charge is 2.20. The van der Waals surface area contributed by atoms with Crippen LogP contribution < -0.4 is 5.32 Å². The van der Waals surface area contributed by atoms with E-state index in [-0.39, 0.29) is 11.7 Å². The molecule has 0 aliphatic heterocycles. The van der Waals surface area contributed by atoms with Crippen molar-refractivity contribution >= 4 is 27.5 Å². The number of nitrogens with one attached hydrogen (secondary N) is 1. The van der Waals surface area contributed by atoms with Crippen LogP contribution in [0.25, 0.3) is 17.1 Å². The van der Waals surface area contributed by atoms with Gasteiger partial charge in [-0.05, 0) is 56.2 Å². The van der Waals surface area contributed by atoms with E-state index in [0.717, 1.165) is 32.5 Å². The minimum Gasteiger partial charge on any atom is -0.319 e. The Bertz CT molecular complexity index is 1230. The van der Waals surface area contributed by atoms with Gasteiger partial charge in [-0.3, -0.25) is 4.79 Å². The first-order valence-electron chi connectivity index (χ1n) is 9.60. The zero-order valence-corrected chi connectivity index (χ0v) is 18.6. The van der Waals surface area contributed by atoms with E-state index in [1.165, 1.54) is 5.56 Å². The van der Waals surface area contributed by atoms with Crippen molar-refractivity contribution in [1.82, 2.24) is 14.8 Å². The molecule has 0 spiro atoms. The number of aromatic nitrogens is 3. The molecule has 0 fully saturated rings. The number of hydrogen-bond donors (Lipinski definition) is 1. The lowest BCUT2D eigenvalue weighted by Crippen LogP contribution is -2.15. The van der Waals surface area contributed by atoms with E-state index in [1.54, 1.807) is 4.68 Å².